The summed E-state index contributed by atoms with van der Waals surface area (Å²) in [6, 6.07) is 0.182. The molecule has 126 valence electrons. The van der Waals surface area contributed by atoms with E-state index in [1.807, 2.05) is 6.92 Å². The molecule has 2 saturated carbocycles. The molecule has 0 bridgehead atoms. The van der Waals surface area contributed by atoms with Crippen molar-refractivity contribution >= 4 is 15.7 Å². The first-order chi connectivity index (χ1) is 10.9. The third-order valence-corrected chi connectivity index (χ3v) is 7.15. The van der Waals surface area contributed by atoms with E-state index in [0.29, 0.717) is 29.9 Å². The van der Waals surface area contributed by atoms with E-state index in [1.54, 1.807) is 10.9 Å². The molecule has 4 rings (SSSR count). The molecule has 7 heteroatoms. The van der Waals surface area contributed by atoms with Crippen LogP contribution in [0, 0.1) is 18.8 Å². The Hall–Kier alpha value is -1.37. The Balaban J connectivity index is 1.50. The Bertz CT molecular complexity index is 720. The monoisotopic (exact) mass is 337 g/mol. The second-order valence-electron chi connectivity index (χ2n) is 7.32. The Labute approximate surface area is 136 Å². The van der Waals surface area contributed by atoms with Crippen molar-refractivity contribution in [3.63, 3.8) is 0 Å². The summed E-state index contributed by atoms with van der Waals surface area (Å²) in [5, 5.41) is 7.51. The highest BCUT2D eigenvalue weighted by molar-refractivity contribution is 7.91. The van der Waals surface area contributed by atoms with Gasteiger partial charge in [0, 0.05) is 11.7 Å². The number of rotatable bonds is 5. The summed E-state index contributed by atoms with van der Waals surface area (Å²) < 4.78 is 25.0. The maximum Gasteiger partial charge on any atom is 0.254 e. The van der Waals surface area contributed by atoms with Crippen LogP contribution in [-0.2, 0) is 9.84 Å². The fraction of sp³-hybridized carbons (Fsp3) is 0.750. The van der Waals surface area contributed by atoms with Gasteiger partial charge >= 0.3 is 0 Å². The minimum atomic E-state index is -2.96. The lowest BCUT2D eigenvalue weighted by atomic mass is 10.1. The van der Waals surface area contributed by atoms with E-state index >= 15 is 0 Å². The Morgan fingerprint density at radius 2 is 1.91 bits per heavy atom. The van der Waals surface area contributed by atoms with Crippen molar-refractivity contribution < 1.29 is 13.2 Å². The molecular weight excluding hydrogens is 314 g/mol. The molecule has 0 aromatic carbocycles. The van der Waals surface area contributed by atoms with Crippen molar-refractivity contribution in [3.05, 3.63) is 17.5 Å². The number of amides is 1. The van der Waals surface area contributed by atoms with Crippen LogP contribution >= 0.6 is 0 Å². The number of carbonyl (C=O) groups is 1. The van der Waals surface area contributed by atoms with E-state index in [4.69, 9.17) is 0 Å². The highest BCUT2D eigenvalue weighted by atomic mass is 32.2. The van der Waals surface area contributed by atoms with Crippen molar-refractivity contribution in [1.82, 2.24) is 15.1 Å². The first-order valence-corrected chi connectivity index (χ1v) is 10.3. The third-order valence-electron chi connectivity index (χ3n) is 5.40. The number of nitrogens with zero attached hydrogens (tertiary/aromatic N) is 2. The number of aromatic nitrogens is 2. The SMILES string of the molecule is Cc1c(C(=O)NC(C2CC2)C2CC2)cnn1C1CCS(=O)(=O)C1. The number of nitrogens with one attached hydrogen (secondary N) is 1. The van der Waals surface area contributed by atoms with Crippen LogP contribution in [0.2, 0.25) is 0 Å². The van der Waals surface area contributed by atoms with Gasteiger partial charge in [0.2, 0.25) is 0 Å². The van der Waals surface area contributed by atoms with Crippen LogP contribution in [0.15, 0.2) is 6.20 Å². The summed E-state index contributed by atoms with van der Waals surface area (Å²) in [5.41, 5.74) is 1.36. The van der Waals surface area contributed by atoms with Gasteiger partial charge in [0.05, 0.1) is 29.3 Å². The second-order valence-corrected chi connectivity index (χ2v) is 9.55. The Morgan fingerprint density at radius 1 is 1.26 bits per heavy atom. The average molecular weight is 337 g/mol. The van der Waals surface area contributed by atoms with E-state index in [0.717, 1.165) is 5.69 Å². The smallest absolute Gasteiger partial charge is 0.254 e. The Morgan fingerprint density at radius 3 is 2.43 bits per heavy atom. The molecule has 1 aromatic heterocycles. The highest BCUT2D eigenvalue weighted by Crippen LogP contribution is 2.44. The minimum Gasteiger partial charge on any atom is -0.349 e. The van der Waals surface area contributed by atoms with Gasteiger partial charge in [-0.2, -0.15) is 5.10 Å². The van der Waals surface area contributed by atoms with Crippen LogP contribution in [0.25, 0.3) is 0 Å². The molecule has 1 amide bonds. The molecule has 2 aliphatic carbocycles. The van der Waals surface area contributed by atoms with E-state index in [9.17, 15) is 13.2 Å². The zero-order valence-corrected chi connectivity index (χ0v) is 14.2. The van der Waals surface area contributed by atoms with Gasteiger partial charge in [-0.3, -0.25) is 9.48 Å². The zero-order valence-electron chi connectivity index (χ0n) is 13.4. The standard InChI is InChI=1S/C16H23N3O3S/c1-10-14(8-17-19(10)13-6-7-23(21,22)9-13)16(20)18-15(11-2-3-11)12-4-5-12/h8,11-13,15H,2-7,9H2,1H3,(H,18,20). The van der Waals surface area contributed by atoms with E-state index < -0.39 is 9.84 Å². The molecule has 0 radical (unpaired) electrons. The second kappa shape index (κ2) is 5.33. The fourth-order valence-electron chi connectivity index (χ4n) is 3.74. The maximum absolute atomic E-state index is 12.6. The zero-order chi connectivity index (χ0) is 16.2. The molecule has 2 heterocycles. The van der Waals surface area contributed by atoms with Gasteiger partial charge < -0.3 is 5.32 Å². The van der Waals surface area contributed by atoms with Crippen LogP contribution in [-0.4, -0.2) is 41.7 Å². The number of hydrogen-bond donors (Lipinski definition) is 1. The molecule has 1 N–H and O–H groups in total. The van der Waals surface area contributed by atoms with Gasteiger partial charge in [-0.05, 0) is 50.9 Å². The van der Waals surface area contributed by atoms with Gasteiger partial charge in [0.1, 0.15) is 0 Å². The number of carbonyl (C=O) groups excluding carboxylic acids is 1. The van der Waals surface area contributed by atoms with Crippen molar-refractivity contribution in [2.24, 2.45) is 11.8 Å². The predicted octanol–water partition coefficient (Wildman–Crippen LogP) is 1.47. The molecule has 1 aliphatic heterocycles. The fourth-order valence-corrected chi connectivity index (χ4v) is 5.44. The van der Waals surface area contributed by atoms with Crippen LogP contribution < -0.4 is 5.32 Å². The molecule has 0 spiro atoms. The molecule has 1 unspecified atom stereocenters. The van der Waals surface area contributed by atoms with E-state index in [1.165, 1.54) is 25.7 Å². The normalized spacial score (nSPS) is 26.6. The molecule has 1 atom stereocenters. The molecule has 1 saturated heterocycles. The van der Waals surface area contributed by atoms with Gasteiger partial charge in [-0.1, -0.05) is 0 Å². The first-order valence-electron chi connectivity index (χ1n) is 8.50. The topological polar surface area (TPSA) is 81.1 Å². The molecule has 1 aromatic rings. The lowest BCUT2D eigenvalue weighted by molar-refractivity contribution is 0.0925. The van der Waals surface area contributed by atoms with Gasteiger partial charge in [-0.15, -0.1) is 0 Å². The first kappa shape index (κ1) is 15.2. The third kappa shape index (κ3) is 3.03. The van der Waals surface area contributed by atoms with Gasteiger partial charge in [-0.25, -0.2) is 8.42 Å². The van der Waals surface area contributed by atoms with Crippen LogP contribution in [0.1, 0.15) is 54.2 Å². The van der Waals surface area contributed by atoms with Crippen LogP contribution in [0.5, 0.6) is 0 Å². The van der Waals surface area contributed by atoms with Crippen LogP contribution in [0.3, 0.4) is 0 Å². The van der Waals surface area contributed by atoms with Crippen molar-refractivity contribution in [3.8, 4) is 0 Å². The van der Waals surface area contributed by atoms with Crippen molar-refractivity contribution in [1.29, 1.82) is 0 Å². The largest absolute Gasteiger partial charge is 0.349 e. The van der Waals surface area contributed by atoms with E-state index in [-0.39, 0.29) is 23.5 Å². The lowest BCUT2D eigenvalue weighted by Crippen LogP contribution is -2.38. The summed E-state index contributed by atoms with van der Waals surface area (Å²) in [6.45, 7) is 1.86. The lowest BCUT2D eigenvalue weighted by Gasteiger charge is -2.17. The van der Waals surface area contributed by atoms with Gasteiger partial charge in [0.25, 0.3) is 5.91 Å². The minimum absolute atomic E-state index is 0.0570. The molecule has 6 nitrogen and oxygen atoms in total. The molecular formula is C16H23N3O3S. The average Bonchev–Trinajstić information content (AvgIpc) is 3.40. The van der Waals surface area contributed by atoms with Gasteiger partial charge in [0.15, 0.2) is 9.84 Å². The Kier molecular flexibility index (Phi) is 3.51. The summed E-state index contributed by atoms with van der Waals surface area (Å²) in [4.78, 5) is 12.6. The molecule has 3 fully saturated rings. The maximum atomic E-state index is 12.6. The summed E-state index contributed by atoms with van der Waals surface area (Å²) in [6.07, 6.45) is 7.06. The van der Waals surface area contributed by atoms with Crippen molar-refractivity contribution in [2.45, 2.75) is 51.1 Å². The summed E-state index contributed by atoms with van der Waals surface area (Å²) >= 11 is 0. The molecule has 23 heavy (non-hydrogen) atoms. The highest BCUT2D eigenvalue weighted by Gasteiger charge is 2.42. The number of sulfone groups is 1. The summed E-state index contributed by atoms with van der Waals surface area (Å²) in [7, 11) is -2.96. The van der Waals surface area contributed by atoms with E-state index in [2.05, 4.69) is 10.4 Å². The molecule has 3 aliphatic rings. The predicted molar refractivity (Wildman–Crippen MR) is 86.0 cm³/mol. The van der Waals surface area contributed by atoms with Crippen LogP contribution in [0.4, 0.5) is 0 Å². The number of hydrogen-bond acceptors (Lipinski definition) is 4. The quantitative estimate of drug-likeness (QED) is 0.882. The van der Waals surface area contributed by atoms with Crippen molar-refractivity contribution in [2.75, 3.05) is 11.5 Å². The summed E-state index contributed by atoms with van der Waals surface area (Å²) in [5.74, 6) is 1.59.